The highest BCUT2D eigenvalue weighted by atomic mass is 16.5. The summed E-state index contributed by atoms with van der Waals surface area (Å²) in [5, 5.41) is 2.91. The molecule has 0 unspecified atom stereocenters. The van der Waals surface area contributed by atoms with Crippen molar-refractivity contribution in [2.45, 2.75) is 6.54 Å². The molecule has 1 amide bonds. The van der Waals surface area contributed by atoms with Crippen molar-refractivity contribution in [3.63, 3.8) is 0 Å². The molecule has 0 aliphatic heterocycles. The van der Waals surface area contributed by atoms with Gasteiger partial charge in [-0.05, 0) is 32.3 Å². The summed E-state index contributed by atoms with van der Waals surface area (Å²) in [6, 6.07) is 10.9. The lowest BCUT2D eigenvalue weighted by molar-refractivity contribution is 0.0949. The first-order valence-electron chi connectivity index (χ1n) is 8.93. The third-order valence-electron chi connectivity index (χ3n) is 4.13. The number of rotatable bonds is 10. The summed E-state index contributed by atoms with van der Waals surface area (Å²) >= 11 is 0. The number of para-hydroxylation sites is 1. The average molecular weight is 388 g/mol. The molecule has 0 heterocycles. The van der Waals surface area contributed by atoms with Crippen molar-refractivity contribution in [1.29, 1.82) is 0 Å². The number of hydrogen-bond donors (Lipinski definition) is 1. The number of amides is 1. The van der Waals surface area contributed by atoms with E-state index in [1.165, 1.54) is 21.3 Å². The van der Waals surface area contributed by atoms with Crippen molar-refractivity contribution < 1.29 is 23.7 Å². The van der Waals surface area contributed by atoms with Crippen LogP contribution in [-0.4, -0.2) is 59.4 Å². The highest BCUT2D eigenvalue weighted by Gasteiger charge is 2.17. The molecule has 0 atom stereocenters. The highest BCUT2D eigenvalue weighted by Crippen LogP contribution is 2.38. The lowest BCUT2D eigenvalue weighted by atomic mass is 10.1. The Balaban J connectivity index is 2.10. The van der Waals surface area contributed by atoms with E-state index in [1.807, 2.05) is 38.4 Å². The van der Waals surface area contributed by atoms with Crippen LogP contribution in [-0.2, 0) is 6.54 Å². The SMILES string of the molecule is COc1cc(C(=O)NCc2ccccc2OCCN(C)C)cc(OC)c1OC. The predicted molar refractivity (Wildman–Crippen MR) is 108 cm³/mol. The molecule has 28 heavy (non-hydrogen) atoms. The molecule has 2 aromatic rings. The van der Waals surface area contributed by atoms with Gasteiger partial charge in [0, 0.05) is 24.2 Å². The third kappa shape index (κ3) is 5.53. The summed E-state index contributed by atoms with van der Waals surface area (Å²) in [7, 11) is 8.54. The minimum Gasteiger partial charge on any atom is -0.493 e. The molecule has 0 aromatic heterocycles. The molecular formula is C21H28N2O5. The Morgan fingerprint density at radius 3 is 2.18 bits per heavy atom. The molecule has 0 bridgehead atoms. The van der Waals surface area contributed by atoms with E-state index in [0.717, 1.165) is 17.9 Å². The van der Waals surface area contributed by atoms with Crippen molar-refractivity contribution in [2.75, 3.05) is 48.6 Å². The second kappa shape index (κ2) is 10.4. The molecule has 0 fully saturated rings. The van der Waals surface area contributed by atoms with Crippen LogP contribution in [0, 0.1) is 0 Å². The second-order valence-electron chi connectivity index (χ2n) is 6.36. The number of nitrogens with zero attached hydrogens (tertiary/aromatic N) is 1. The summed E-state index contributed by atoms with van der Waals surface area (Å²) < 4.78 is 21.7. The highest BCUT2D eigenvalue weighted by molar-refractivity contribution is 5.95. The average Bonchev–Trinajstić information content (AvgIpc) is 2.71. The Bertz CT molecular complexity index is 767. The summed E-state index contributed by atoms with van der Waals surface area (Å²) in [6.45, 7) is 1.73. The zero-order valence-electron chi connectivity index (χ0n) is 17.1. The van der Waals surface area contributed by atoms with Gasteiger partial charge in [0.1, 0.15) is 12.4 Å². The number of benzene rings is 2. The van der Waals surface area contributed by atoms with E-state index in [2.05, 4.69) is 10.2 Å². The molecule has 0 aliphatic carbocycles. The van der Waals surface area contributed by atoms with Gasteiger partial charge in [-0.15, -0.1) is 0 Å². The standard InChI is InChI=1S/C21H28N2O5/c1-23(2)10-11-28-17-9-7-6-8-15(17)14-22-21(24)16-12-18(25-3)20(27-5)19(13-16)26-4/h6-9,12-13H,10-11,14H2,1-5H3,(H,22,24). The Morgan fingerprint density at radius 2 is 1.61 bits per heavy atom. The zero-order valence-corrected chi connectivity index (χ0v) is 17.1. The van der Waals surface area contributed by atoms with Crippen LogP contribution in [0.1, 0.15) is 15.9 Å². The zero-order chi connectivity index (χ0) is 20.5. The molecule has 0 aliphatic rings. The first-order chi connectivity index (χ1) is 13.5. The fourth-order valence-corrected chi connectivity index (χ4v) is 2.62. The molecule has 152 valence electrons. The van der Waals surface area contributed by atoms with Crippen LogP contribution < -0.4 is 24.3 Å². The Morgan fingerprint density at radius 1 is 0.964 bits per heavy atom. The summed E-state index contributed by atoms with van der Waals surface area (Å²) in [5.41, 5.74) is 1.32. The van der Waals surface area contributed by atoms with E-state index in [-0.39, 0.29) is 5.91 Å². The van der Waals surface area contributed by atoms with Crippen molar-refractivity contribution in [3.05, 3.63) is 47.5 Å². The fraction of sp³-hybridized carbons (Fsp3) is 0.381. The van der Waals surface area contributed by atoms with Gasteiger partial charge in [0.25, 0.3) is 5.91 Å². The maximum atomic E-state index is 12.7. The minimum atomic E-state index is -0.248. The quantitative estimate of drug-likeness (QED) is 0.675. The molecule has 2 rings (SSSR count). The van der Waals surface area contributed by atoms with Gasteiger partial charge in [0.15, 0.2) is 11.5 Å². The monoisotopic (exact) mass is 388 g/mol. The number of carbonyl (C=O) groups excluding carboxylic acids is 1. The van der Waals surface area contributed by atoms with Crippen molar-refractivity contribution in [1.82, 2.24) is 10.2 Å². The molecule has 1 N–H and O–H groups in total. The van der Waals surface area contributed by atoms with Crippen molar-refractivity contribution >= 4 is 5.91 Å². The summed E-state index contributed by atoms with van der Waals surface area (Å²) in [6.07, 6.45) is 0. The van der Waals surface area contributed by atoms with E-state index in [1.54, 1.807) is 12.1 Å². The van der Waals surface area contributed by atoms with Gasteiger partial charge in [0.2, 0.25) is 5.75 Å². The molecule has 0 radical (unpaired) electrons. The van der Waals surface area contributed by atoms with Gasteiger partial charge in [0.05, 0.1) is 21.3 Å². The van der Waals surface area contributed by atoms with E-state index in [9.17, 15) is 4.79 Å². The number of nitrogens with one attached hydrogen (secondary N) is 1. The predicted octanol–water partition coefficient (Wildman–Crippen LogP) is 2.58. The van der Waals surface area contributed by atoms with E-state index >= 15 is 0 Å². The van der Waals surface area contributed by atoms with Gasteiger partial charge >= 0.3 is 0 Å². The number of hydrogen-bond acceptors (Lipinski definition) is 6. The van der Waals surface area contributed by atoms with Crippen molar-refractivity contribution in [2.24, 2.45) is 0 Å². The smallest absolute Gasteiger partial charge is 0.251 e. The number of likely N-dealkylation sites (N-methyl/N-ethyl adjacent to an activating group) is 1. The van der Waals surface area contributed by atoms with Gasteiger partial charge in [-0.3, -0.25) is 4.79 Å². The first kappa shape index (κ1) is 21.4. The normalized spacial score (nSPS) is 10.5. The molecular weight excluding hydrogens is 360 g/mol. The van der Waals surface area contributed by atoms with Gasteiger partial charge in [-0.2, -0.15) is 0 Å². The molecule has 7 heteroatoms. The summed E-state index contributed by atoms with van der Waals surface area (Å²) in [5.74, 6) is 1.82. The summed E-state index contributed by atoms with van der Waals surface area (Å²) in [4.78, 5) is 14.7. The molecule has 2 aromatic carbocycles. The molecule has 7 nitrogen and oxygen atoms in total. The van der Waals surface area contributed by atoms with E-state index < -0.39 is 0 Å². The number of ether oxygens (including phenoxy) is 4. The van der Waals surface area contributed by atoms with Crippen LogP contribution in [0.5, 0.6) is 23.0 Å². The Kier molecular flexibility index (Phi) is 7.95. The number of methoxy groups -OCH3 is 3. The second-order valence-corrected chi connectivity index (χ2v) is 6.36. The minimum absolute atomic E-state index is 0.248. The van der Waals surface area contributed by atoms with Crippen LogP contribution >= 0.6 is 0 Å². The lowest BCUT2D eigenvalue weighted by Gasteiger charge is -2.15. The van der Waals surface area contributed by atoms with Gasteiger partial charge in [-0.25, -0.2) is 0 Å². The van der Waals surface area contributed by atoms with Crippen LogP contribution in [0.25, 0.3) is 0 Å². The molecule has 0 spiro atoms. The van der Waals surface area contributed by atoms with Crippen molar-refractivity contribution in [3.8, 4) is 23.0 Å². The van der Waals surface area contributed by atoms with E-state index in [4.69, 9.17) is 18.9 Å². The molecule has 0 saturated carbocycles. The number of carbonyl (C=O) groups is 1. The van der Waals surface area contributed by atoms with E-state index in [0.29, 0.717) is 36.0 Å². The van der Waals surface area contributed by atoms with Crippen LogP contribution in [0.4, 0.5) is 0 Å². The molecule has 0 saturated heterocycles. The maximum absolute atomic E-state index is 12.7. The lowest BCUT2D eigenvalue weighted by Crippen LogP contribution is -2.24. The largest absolute Gasteiger partial charge is 0.493 e. The Hall–Kier alpha value is -2.93. The first-order valence-corrected chi connectivity index (χ1v) is 8.93. The van der Waals surface area contributed by atoms with Gasteiger partial charge in [-0.1, -0.05) is 18.2 Å². The topological polar surface area (TPSA) is 69.3 Å². The fourth-order valence-electron chi connectivity index (χ4n) is 2.62. The maximum Gasteiger partial charge on any atom is 0.251 e. The van der Waals surface area contributed by atoms with Crippen LogP contribution in [0.3, 0.4) is 0 Å². The third-order valence-corrected chi connectivity index (χ3v) is 4.13. The van der Waals surface area contributed by atoms with Gasteiger partial charge < -0.3 is 29.2 Å². The van der Waals surface area contributed by atoms with Crippen LogP contribution in [0.2, 0.25) is 0 Å². The van der Waals surface area contributed by atoms with Crippen LogP contribution in [0.15, 0.2) is 36.4 Å². The Labute approximate surface area is 166 Å².